The highest BCUT2D eigenvalue weighted by Crippen LogP contribution is 2.26. The Morgan fingerprint density at radius 3 is 2.71 bits per heavy atom. The molecule has 2 aromatic carbocycles. The second kappa shape index (κ2) is 6.58. The number of hydrogen-bond donors (Lipinski definition) is 2. The maximum absolute atomic E-state index is 13.0. The molecule has 2 rings (SSSR count). The lowest BCUT2D eigenvalue weighted by Gasteiger charge is -2.16. The molecule has 0 heterocycles. The van der Waals surface area contributed by atoms with Crippen molar-refractivity contribution >= 4 is 33.2 Å². The molecule has 0 aliphatic carbocycles. The number of anilines is 2. The zero-order chi connectivity index (χ0) is 15.4. The predicted octanol–water partition coefficient (Wildman–Crippen LogP) is 3.58. The Balaban J connectivity index is 2.04. The van der Waals surface area contributed by atoms with Crippen LogP contribution in [0.1, 0.15) is 6.92 Å². The van der Waals surface area contributed by atoms with Gasteiger partial charge in [0.05, 0.1) is 15.8 Å². The number of benzene rings is 2. The van der Waals surface area contributed by atoms with E-state index in [4.69, 9.17) is 10.5 Å². The first-order chi connectivity index (χ1) is 9.97. The number of rotatable bonds is 4. The molecule has 4 nitrogen and oxygen atoms in total. The summed E-state index contributed by atoms with van der Waals surface area (Å²) in [4.78, 5) is 12.1. The summed E-state index contributed by atoms with van der Waals surface area (Å²) in [6.45, 7) is 1.60. The van der Waals surface area contributed by atoms with E-state index in [0.29, 0.717) is 21.6 Å². The second-order valence-corrected chi connectivity index (χ2v) is 5.27. The zero-order valence-corrected chi connectivity index (χ0v) is 12.9. The van der Waals surface area contributed by atoms with Crippen LogP contribution < -0.4 is 15.8 Å². The highest BCUT2D eigenvalue weighted by Gasteiger charge is 2.17. The minimum atomic E-state index is -0.758. The van der Waals surface area contributed by atoms with E-state index in [1.165, 1.54) is 18.2 Å². The van der Waals surface area contributed by atoms with Gasteiger partial charge in [0.25, 0.3) is 5.91 Å². The number of nitrogen functional groups attached to an aromatic ring is 1. The predicted molar refractivity (Wildman–Crippen MR) is 83.7 cm³/mol. The van der Waals surface area contributed by atoms with Crippen LogP contribution in [-0.2, 0) is 4.79 Å². The number of para-hydroxylation sites is 2. The lowest BCUT2D eigenvalue weighted by Crippen LogP contribution is -2.30. The molecule has 1 atom stereocenters. The fraction of sp³-hybridized carbons (Fsp3) is 0.133. The van der Waals surface area contributed by atoms with Crippen molar-refractivity contribution in [1.82, 2.24) is 0 Å². The van der Waals surface area contributed by atoms with E-state index < -0.39 is 6.10 Å². The van der Waals surface area contributed by atoms with Crippen molar-refractivity contribution in [1.29, 1.82) is 0 Å². The highest BCUT2D eigenvalue weighted by molar-refractivity contribution is 9.10. The monoisotopic (exact) mass is 352 g/mol. The number of hydrogen-bond acceptors (Lipinski definition) is 3. The van der Waals surface area contributed by atoms with E-state index in [1.54, 1.807) is 31.2 Å². The van der Waals surface area contributed by atoms with E-state index in [1.807, 2.05) is 0 Å². The van der Waals surface area contributed by atoms with Crippen molar-refractivity contribution < 1.29 is 13.9 Å². The Hall–Kier alpha value is -2.08. The molecule has 0 saturated carbocycles. The maximum atomic E-state index is 13.0. The van der Waals surface area contributed by atoms with Crippen LogP contribution >= 0.6 is 15.9 Å². The van der Waals surface area contributed by atoms with Gasteiger partial charge >= 0.3 is 0 Å². The summed E-state index contributed by atoms with van der Waals surface area (Å²) in [6.07, 6.45) is -0.758. The summed E-state index contributed by atoms with van der Waals surface area (Å²) < 4.78 is 19.0. The Bertz CT molecular complexity index is 664. The quantitative estimate of drug-likeness (QED) is 0.826. The zero-order valence-electron chi connectivity index (χ0n) is 11.3. The maximum Gasteiger partial charge on any atom is 0.265 e. The van der Waals surface area contributed by atoms with E-state index in [9.17, 15) is 9.18 Å². The van der Waals surface area contributed by atoms with Crippen LogP contribution in [0.25, 0.3) is 0 Å². The molecule has 21 heavy (non-hydrogen) atoms. The van der Waals surface area contributed by atoms with Crippen LogP contribution in [-0.4, -0.2) is 12.0 Å². The van der Waals surface area contributed by atoms with Crippen molar-refractivity contribution in [3.8, 4) is 5.75 Å². The van der Waals surface area contributed by atoms with E-state index in [2.05, 4.69) is 21.2 Å². The van der Waals surface area contributed by atoms with Gasteiger partial charge in [-0.25, -0.2) is 4.39 Å². The van der Waals surface area contributed by atoms with Crippen molar-refractivity contribution in [2.75, 3.05) is 11.1 Å². The van der Waals surface area contributed by atoms with Crippen LogP contribution in [0.15, 0.2) is 46.9 Å². The standard InChI is InChI=1S/C15H14BrFN2O2/c1-9(21-14-7-6-10(17)8-11(14)16)15(20)19-13-5-3-2-4-12(13)18/h2-9H,18H2,1H3,(H,19,20). The number of nitrogens with one attached hydrogen (secondary N) is 1. The average molecular weight is 353 g/mol. The number of nitrogens with two attached hydrogens (primary N) is 1. The first-order valence-corrected chi connectivity index (χ1v) is 7.03. The molecule has 6 heteroatoms. The molecule has 0 aromatic heterocycles. The molecular formula is C15H14BrFN2O2. The van der Waals surface area contributed by atoms with Gasteiger partial charge in [-0.2, -0.15) is 0 Å². The molecule has 3 N–H and O–H groups in total. The Morgan fingerprint density at radius 1 is 1.33 bits per heavy atom. The van der Waals surface area contributed by atoms with Gasteiger partial charge in [-0.15, -0.1) is 0 Å². The summed E-state index contributed by atoms with van der Waals surface area (Å²) >= 11 is 3.19. The molecule has 2 aromatic rings. The number of ether oxygens (including phenoxy) is 1. The van der Waals surface area contributed by atoms with Gasteiger partial charge < -0.3 is 15.8 Å². The van der Waals surface area contributed by atoms with Crippen LogP contribution in [0.5, 0.6) is 5.75 Å². The molecule has 110 valence electrons. The fourth-order valence-electron chi connectivity index (χ4n) is 1.66. The van der Waals surface area contributed by atoms with E-state index >= 15 is 0 Å². The molecular weight excluding hydrogens is 339 g/mol. The van der Waals surface area contributed by atoms with Crippen molar-refractivity contribution in [2.24, 2.45) is 0 Å². The smallest absolute Gasteiger partial charge is 0.265 e. The molecule has 1 unspecified atom stereocenters. The molecule has 0 bridgehead atoms. The third-order valence-corrected chi connectivity index (χ3v) is 3.41. The largest absolute Gasteiger partial charge is 0.480 e. The normalized spacial score (nSPS) is 11.8. The number of carbonyl (C=O) groups is 1. The molecule has 0 spiro atoms. The van der Waals surface area contributed by atoms with Gasteiger partial charge in [0.2, 0.25) is 0 Å². The lowest BCUT2D eigenvalue weighted by molar-refractivity contribution is -0.122. The summed E-state index contributed by atoms with van der Waals surface area (Å²) in [5.41, 5.74) is 6.75. The number of amides is 1. The van der Waals surface area contributed by atoms with Crippen molar-refractivity contribution in [2.45, 2.75) is 13.0 Å². The Morgan fingerprint density at radius 2 is 2.05 bits per heavy atom. The Kier molecular flexibility index (Phi) is 4.80. The second-order valence-electron chi connectivity index (χ2n) is 4.41. The van der Waals surface area contributed by atoms with Gasteiger partial charge in [0.1, 0.15) is 11.6 Å². The van der Waals surface area contributed by atoms with Gasteiger partial charge in [-0.05, 0) is 53.2 Å². The minimum Gasteiger partial charge on any atom is -0.480 e. The van der Waals surface area contributed by atoms with Crippen molar-refractivity contribution in [3.63, 3.8) is 0 Å². The van der Waals surface area contributed by atoms with Crippen LogP contribution in [0.2, 0.25) is 0 Å². The SMILES string of the molecule is CC(Oc1ccc(F)cc1Br)C(=O)Nc1ccccc1N. The Labute approximate surface area is 130 Å². The van der Waals surface area contributed by atoms with E-state index in [-0.39, 0.29) is 11.7 Å². The lowest BCUT2D eigenvalue weighted by atomic mass is 10.2. The third-order valence-electron chi connectivity index (χ3n) is 2.79. The molecule has 0 radical (unpaired) electrons. The number of carbonyl (C=O) groups excluding carboxylic acids is 1. The number of halogens is 2. The minimum absolute atomic E-state index is 0.343. The summed E-state index contributed by atoms with van der Waals surface area (Å²) in [6, 6.07) is 10.9. The van der Waals surface area contributed by atoms with Crippen LogP contribution in [0.4, 0.5) is 15.8 Å². The third kappa shape index (κ3) is 3.95. The van der Waals surface area contributed by atoms with E-state index in [0.717, 1.165) is 0 Å². The molecule has 0 aliphatic heterocycles. The molecule has 0 aliphatic rings. The van der Waals surface area contributed by atoms with Gasteiger partial charge in [0, 0.05) is 0 Å². The molecule has 0 fully saturated rings. The highest BCUT2D eigenvalue weighted by atomic mass is 79.9. The average Bonchev–Trinajstić information content (AvgIpc) is 2.44. The van der Waals surface area contributed by atoms with Gasteiger partial charge in [-0.1, -0.05) is 12.1 Å². The first kappa shape index (κ1) is 15.3. The van der Waals surface area contributed by atoms with Crippen LogP contribution in [0, 0.1) is 5.82 Å². The summed E-state index contributed by atoms with van der Waals surface area (Å²) in [5.74, 6) is -0.340. The fourth-order valence-corrected chi connectivity index (χ4v) is 2.10. The van der Waals surface area contributed by atoms with Crippen LogP contribution in [0.3, 0.4) is 0 Å². The van der Waals surface area contributed by atoms with Gasteiger partial charge in [0.15, 0.2) is 6.10 Å². The topological polar surface area (TPSA) is 64.3 Å². The summed E-state index contributed by atoms with van der Waals surface area (Å²) in [5, 5.41) is 2.68. The molecule has 1 amide bonds. The summed E-state index contributed by atoms with van der Waals surface area (Å²) in [7, 11) is 0. The first-order valence-electron chi connectivity index (χ1n) is 6.24. The molecule has 0 saturated heterocycles. The van der Waals surface area contributed by atoms with Gasteiger partial charge in [-0.3, -0.25) is 4.79 Å². The van der Waals surface area contributed by atoms with Crippen molar-refractivity contribution in [3.05, 3.63) is 52.8 Å².